The molecule has 0 bridgehead atoms. The van der Waals surface area contributed by atoms with E-state index in [-0.39, 0.29) is 16.9 Å². The van der Waals surface area contributed by atoms with Crippen LogP contribution in [0.15, 0.2) is 53.4 Å². The predicted octanol–water partition coefficient (Wildman–Crippen LogP) is 3.94. The van der Waals surface area contributed by atoms with Crippen molar-refractivity contribution in [2.45, 2.75) is 30.8 Å². The van der Waals surface area contributed by atoms with Gasteiger partial charge in [-0.15, -0.1) is 11.3 Å². The van der Waals surface area contributed by atoms with Gasteiger partial charge in [-0.25, -0.2) is 8.42 Å². The zero-order valence-electron chi connectivity index (χ0n) is 16.9. The Hall–Kier alpha value is -2.42. The molecule has 3 aromatic rings. The van der Waals surface area contributed by atoms with E-state index in [4.69, 9.17) is 4.74 Å². The van der Waals surface area contributed by atoms with Crippen molar-refractivity contribution in [2.75, 3.05) is 24.5 Å². The molecule has 0 radical (unpaired) electrons. The first kappa shape index (κ1) is 20.8. The Morgan fingerprint density at radius 2 is 1.97 bits per heavy atom. The number of nitrogens with zero attached hydrogens (tertiary/aromatic N) is 1. The molecular formula is C22H24N2O4S2. The smallest absolute Gasteiger partial charge is 0.264 e. The second kappa shape index (κ2) is 8.37. The van der Waals surface area contributed by atoms with Gasteiger partial charge in [0.15, 0.2) is 0 Å². The number of hydrogen-bond acceptors (Lipinski definition) is 5. The van der Waals surface area contributed by atoms with Gasteiger partial charge in [0, 0.05) is 24.9 Å². The third kappa shape index (κ3) is 4.21. The highest BCUT2D eigenvalue weighted by Gasteiger charge is 2.22. The number of benzene rings is 2. The minimum Gasteiger partial charge on any atom is -0.376 e. The number of fused-ring (bicyclic) bond motifs is 1. The summed E-state index contributed by atoms with van der Waals surface area (Å²) in [4.78, 5) is 13.3. The van der Waals surface area contributed by atoms with Gasteiger partial charge in [0.05, 0.1) is 21.6 Å². The minimum absolute atomic E-state index is 0.0931. The number of aryl methyl sites for hydroxylation is 1. The van der Waals surface area contributed by atoms with Gasteiger partial charge >= 0.3 is 0 Å². The van der Waals surface area contributed by atoms with Crippen molar-refractivity contribution in [3.63, 3.8) is 0 Å². The van der Waals surface area contributed by atoms with Crippen LogP contribution in [-0.2, 0) is 14.8 Å². The molecular weight excluding hydrogens is 420 g/mol. The van der Waals surface area contributed by atoms with E-state index in [0.717, 1.165) is 35.1 Å². The zero-order valence-corrected chi connectivity index (χ0v) is 18.6. The Morgan fingerprint density at radius 1 is 1.20 bits per heavy atom. The third-order valence-corrected chi connectivity index (χ3v) is 8.20. The molecule has 1 aliphatic heterocycles. The summed E-state index contributed by atoms with van der Waals surface area (Å²) in [6.07, 6.45) is 2.10. The van der Waals surface area contributed by atoms with Crippen molar-refractivity contribution in [3.8, 4) is 0 Å². The molecule has 0 unspecified atom stereocenters. The molecule has 1 aliphatic rings. The van der Waals surface area contributed by atoms with E-state index in [1.54, 1.807) is 42.5 Å². The highest BCUT2D eigenvalue weighted by molar-refractivity contribution is 7.92. The van der Waals surface area contributed by atoms with Crippen LogP contribution in [0.3, 0.4) is 0 Å². The first-order valence-corrected chi connectivity index (χ1v) is 12.1. The molecule has 30 heavy (non-hydrogen) atoms. The second-order valence-electron chi connectivity index (χ2n) is 7.46. The molecule has 1 atom stereocenters. The molecule has 0 spiro atoms. The quantitative estimate of drug-likeness (QED) is 0.625. The Morgan fingerprint density at radius 3 is 2.67 bits per heavy atom. The summed E-state index contributed by atoms with van der Waals surface area (Å²) in [5.74, 6) is -0.131. The van der Waals surface area contributed by atoms with E-state index in [9.17, 15) is 13.2 Å². The van der Waals surface area contributed by atoms with Crippen LogP contribution in [-0.4, -0.2) is 40.6 Å². The van der Waals surface area contributed by atoms with E-state index in [1.165, 1.54) is 22.7 Å². The molecule has 2 heterocycles. The monoisotopic (exact) mass is 444 g/mol. The molecule has 1 fully saturated rings. The molecule has 158 valence electrons. The fraction of sp³-hybridized carbons (Fsp3) is 0.318. The highest BCUT2D eigenvalue weighted by Crippen LogP contribution is 2.31. The second-order valence-corrected chi connectivity index (χ2v) is 10.5. The fourth-order valence-corrected chi connectivity index (χ4v) is 5.59. The first-order chi connectivity index (χ1) is 14.3. The fourth-order valence-electron chi connectivity index (χ4n) is 3.44. The van der Waals surface area contributed by atoms with E-state index >= 15 is 0 Å². The summed E-state index contributed by atoms with van der Waals surface area (Å²) in [7, 11) is -2.12. The summed E-state index contributed by atoms with van der Waals surface area (Å²) in [6, 6.07) is 14.0. The Kier molecular flexibility index (Phi) is 5.81. The molecule has 1 amide bonds. The van der Waals surface area contributed by atoms with Crippen LogP contribution in [0.25, 0.3) is 10.1 Å². The van der Waals surface area contributed by atoms with Gasteiger partial charge in [-0.05, 0) is 61.5 Å². The van der Waals surface area contributed by atoms with E-state index in [1.807, 2.05) is 13.0 Å². The van der Waals surface area contributed by atoms with Gasteiger partial charge in [-0.1, -0.05) is 17.7 Å². The Labute approximate surface area is 180 Å². The van der Waals surface area contributed by atoms with E-state index < -0.39 is 10.0 Å². The minimum atomic E-state index is -3.66. The molecule has 1 aromatic heterocycles. The molecule has 2 aromatic carbocycles. The van der Waals surface area contributed by atoms with Crippen LogP contribution in [0.2, 0.25) is 0 Å². The van der Waals surface area contributed by atoms with Gasteiger partial charge < -0.3 is 10.1 Å². The lowest BCUT2D eigenvalue weighted by Gasteiger charge is -2.19. The number of thiophene rings is 1. The van der Waals surface area contributed by atoms with Gasteiger partial charge in [-0.3, -0.25) is 9.10 Å². The van der Waals surface area contributed by atoms with Crippen LogP contribution < -0.4 is 9.62 Å². The largest absolute Gasteiger partial charge is 0.376 e. The lowest BCUT2D eigenvalue weighted by atomic mass is 10.2. The SMILES string of the molecule is Cc1ccc(S(=O)(=O)N(C)c2ccc3sc(C(=O)NC[C@H]4CCCO4)cc3c2)cc1. The van der Waals surface area contributed by atoms with Gasteiger partial charge in [0.25, 0.3) is 15.9 Å². The van der Waals surface area contributed by atoms with Crippen LogP contribution >= 0.6 is 11.3 Å². The standard InChI is InChI=1S/C22H24N2O4S2/c1-15-5-8-19(9-6-15)30(26,27)24(2)17-7-10-20-16(12-17)13-21(29-20)22(25)23-14-18-4-3-11-28-18/h5-10,12-13,18H,3-4,11,14H2,1-2H3,(H,23,25)/t18-/m1/s1. The lowest BCUT2D eigenvalue weighted by molar-refractivity contribution is 0.0861. The van der Waals surface area contributed by atoms with Gasteiger partial charge in [-0.2, -0.15) is 0 Å². The maximum Gasteiger partial charge on any atom is 0.264 e. The summed E-state index contributed by atoms with van der Waals surface area (Å²) in [5.41, 5.74) is 1.55. The molecule has 0 aliphatic carbocycles. The number of hydrogen-bond donors (Lipinski definition) is 1. The van der Waals surface area contributed by atoms with Gasteiger partial charge in [0.2, 0.25) is 0 Å². The predicted molar refractivity (Wildman–Crippen MR) is 120 cm³/mol. The molecule has 0 saturated carbocycles. The summed E-state index contributed by atoms with van der Waals surface area (Å²) < 4.78 is 33.7. The number of anilines is 1. The number of sulfonamides is 1. The normalized spacial score (nSPS) is 16.7. The van der Waals surface area contributed by atoms with Crippen molar-refractivity contribution in [3.05, 3.63) is 59.0 Å². The zero-order chi connectivity index (χ0) is 21.3. The molecule has 8 heteroatoms. The van der Waals surface area contributed by atoms with Crippen molar-refractivity contribution in [1.82, 2.24) is 5.32 Å². The first-order valence-electron chi connectivity index (χ1n) is 9.83. The average Bonchev–Trinajstić information content (AvgIpc) is 3.40. The van der Waals surface area contributed by atoms with Crippen molar-refractivity contribution >= 4 is 43.0 Å². The van der Waals surface area contributed by atoms with Crippen LogP contribution in [0, 0.1) is 6.92 Å². The molecule has 1 saturated heterocycles. The van der Waals surface area contributed by atoms with Gasteiger partial charge in [0.1, 0.15) is 0 Å². The number of carbonyl (C=O) groups excluding carboxylic acids is 1. The molecule has 1 N–H and O–H groups in total. The highest BCUT2D eigenvalue weighted by atomic mass is 32.2. The topological polar surface area (TPSA) is 75.7 Å². The van der Waals surface area contributed by atoms with E-state index in [2.05, 4.69) is 5.32 Å². The third-order valence-electron chi connectivity index (χ3n) is 5.28. The maximum absolute atomic E-state index is 13.0. The molecule has 4 rings (SSSR count). The number of amides is 1. The number of carbonyl (C=O) groups is 1. The van der Waals surface area contributed by atoms with Crippen molar-refractivity contribution in [1.29, 1.82) is 0 Å². The van der Waals surface area contributed by atoms with Crippen LogP contribution in [0.1, 0.15) is 28.1 Å². The Balaban J connectivity index is 1.54. The van der Waals surface area contributed by atoms with E-state index in [0.29, 0.717) is 17.1 Å². The van der Waals surface area contributed by atoms with Crippen molar-refractivity contribution < 1.29 is 17.9 Å². The van der Waals surface area contributed by atoms with Crippen LogP contribution in [0.5, 0.6) is 0 Å². The summed E-state index contributed by atoms with van der Waals surface area (Å²) in [5, 5.41) is 3.77. The number of ether oxygens (including phenoxy) is 1. The summed E-state index contributed by atoms with van der Waals surface area (Å²) in [6.45, 7) is 3.18. The lowest BCUT2D eigenvalue weighted by Crippen LogP contribution is -2.31. The summed E-state index contributed by atoms with van der Waals surface area (Å²) >= 11 is 1.39. The maximum atomic E-state index is 13.0. The van der Waals surface area contributed by atoms with Crippen molar-refractivity contribution in [2.24, 2.45) is 0 Å². The average molecular weight is 445 g/mol. The van der Waals surface area contributed by atoms with Crippen LogP contribution in [0.4, 0.5) is 5.69 Å². The molecule has 6 nitrogen and oxygen atoms in total. The number of nitrogens with one attached hydrogen (secondary N) is 1. The Bertz CT molecular complexity index is 1160. The number of rotatable bonds is 6.